The lowest BCUT2D eigenvalue weighted by Crippen LogP contribution is -1.88. The highest BCUT2D eigenvalue weighted by Gasteiger charge is 1.95. The predicted octanol–water partition coefficient (Wildman–Crippen LogP) is 9.25. The summed E-state index contributed by atoms with van der Waals surface area (Å²) in [6.45, 7) is 27.6. The van der Waals surface area contributed by atoms with Gasteiger partial charge in [0.15, 0.2) is 0 Å². The first-order chi connectivity index (χ1) is 12.2. The molecule has 2 atom stereocenters. The summed E-state index contributed by atoms with van der Waals surface area (Å²) in [5, 5.41) is 0. The largest absolute Gasteiger partial charge is 0.103 e. The number of allylic oxidation sites excluding steroid dienone is 8. The summed E-state index contributed by atoms with van der Waals surface area (Å²) in [7, 11) is 0. The van der Waals surface area contributed by atoms with Gasteiger partial charge in [0.25, 0.3) is 0 Å². The van der Waals surface area contributed by atoms with Crippen molar-refractivity contribution in [2.24, 2.45) is 11.8 Å². The Kier molecular flexibility index (Phi) is 26.3. The second-order valence-electron chi connectivity index (χ2n) is 7.23. The lowest BCUT2D eigenvalue weighted by atomic mass is 10.0. The summed E-state index contributed by atoms with van der Waals surface area (Å²) in [6.07, 6.45) is 19.3. The highest BCUT2D eigenvalue weighted by molar-refractivity contribution is 4.93. The molecule has 0 amide bonds. The van der Waals surface area contributed by atoms with E-state index in [0.717, 1.165) is 12.8 Å². The Labute approximate surface area is 166 Å². The maximum atomic E-state index is 3.85. The van der Waals surface area contributed by atoms with Gasteiger partial charge in [-0.1, -0.05) is 61.4 Å². The average molecular weight is 359 g/mol. The molecule has 0 heteroatoms. The fraction of sp³-hybridized carbons (Fsp3) is 0.538. The van der Waals surface area contributed by atoms with Crippen molar-refractivity contribution in [3.05, 3.63) is 73.9 Å². The van der Waals surface area contributed by atoms with E-state index in [1.54, 1.807) is 0 Å². The quantitative estimate of drug-likeness (QED) is 0.323. The van der Waals surface area contributed by atoms with E-state index in [4.69, 9.17) is 0 Å². The molecule has 26 heavy (non-hydrogen) atoms. The highest BCUT2D eigenvalue weighted by Crippen LogP contribution is 2.11. The minimum atomic E-state index is 0.663. The van der Waals surface area contributed by atoms with Gasteiger partial charge in [0.1, 0.15) is 0 Å². The van der Waals surface area contributed by atoms with Gasteiger partial charge >= 0.3 is 0 Å². The van der Waals surface area contributed by atoms with Crippen LogP contribution in [0.15, 0.2) is 73.9 Å². The van der Waals surface area contributed by atoms with Crippen molar-refractivity contribution in [2.75, 3.05) is 0 Å². The molecule has 0 N–H and O–H groups in total. The third-order valence-electron chi connectivity index (χ3n) is 3.78. The number of hydrogen-bond acceptors (Lipinski definition) is 0. The monoisotopic (exact) mass is 358 g/mol. The summed E-state index contributed by atoms with van der Waals surface area (Å²) in [4.78, 5) is 0. The van der Waals surface area contributed by atoms with Crippen molar-refractivity contribution in [1.82, 2.24) is 0 Å². The van der Waals surface area contributed by atoms with Crippen LogP contribution < -0.4 is 0 Å². The Morgan fingerprint density at radius 3 is 1.81 bits per heavy atom. The van der Waals surface area contributed by atoms with Crippen molar-refractivity contribution in [1.29, 1.82) is 0 Å². The number of hydrogen-bond donors (Lipinski definition) is 0. The van der Waals surface area contributed by atoms with Gasteiger partial charge in [-0.3, -0.25) is 0 Å². The van der Waals surface area contributed by atoms with Crippen LogP contribution in [-0.4, -0.2) is 0 Å². The van der Waals surface area contributed by atoms with Crippen LogP contribution in [0.5, 0.6) is 0 Å². The topological polar surface area (TPSA) is 0 Å². The molecule has 0 fully saturated rings. The van der Waals surface area contributed by atoms with Crippen LogP contribution in [0.25, 0.3) is 0 Å². The van der Waals surface area contributed by atoms with Gasteiger partial charge < -0.3 is 0 Å². The molecule has 0 rings (SSSR count). The fourth-order valence-electron chi connectivity index (χ4n) is 1.83. The van der Waals surface area contributed by atoms with E-state index < -0.39 is 0 Å². The van der Waals surface area contributed by atoms with Crippen molar-refractivity contribution >= 4 is 0 Å². The summed E-state index contributed by atoms with van der Waals surface area (Å²) < 4.78 is 0. The molecule has 0 aliphatic heterocycles. The molecular weight excluding hydrogens is 312 g/mol. The minimum Gasteiger partial charge on any atom is -0.103 e. The molecule has 0 aromatic rings. The summed E-state index contributed by atoms with van der Waals surface area (Å²) in [5.41, 5.74) is 2.70. The van der Waals surface area contributed by atoms with E-state index in [1.165, 1.54) is 36.8 Å². The Balaban J connectivity index is -0.000000316. The molecule has 0 saturated carbocycles. The van der Waals surface area contributed by atoms with Crippen molar-refractivity contribution in [2.45, 2.75) is 80.1 Å². The Bertz CT molecular complexity index is 402. The minimum absolute atomic E-state index is 0.663. The zero-order valence-corrected chi connectivity index (χ0v) is 18.7. The van der Waals surface area contributed by atoms with Crippen LogP contribution in [0.1, 0.15) is 80.1 Å². The molecule has 0 heterocycles. The third-order valence-corrected chi connectivity index (χ3v) is 3.78. The Morgan fingerprint density at radius 1 is 0.923 bits per heavy atom. The fourth-order valence-corrected chi connectivity index (χ4v) is 1.83. The van der Waals surface area contributed by atoms with E-state index in [0.29, 0.717) is 11.8 Å². The molecule has 2 unspecified atom stereocenters. The Hall–Kier alpha value is -1.56. The molecule has 150 valence electrons. The van der Waals surface area contributed by atoms with Crippen LogP contribution in [0.2, 0.25) is 0 Å². The molecular formula is C26H46. The van der Waals surface area contributed by atoms with E-state index >= 15 is 0 Å². The highest BCUT2D eigenvalue weighted by atomic mass is 14.0. The van der Waals surface area contributed by atoms with Gasteiger partial charge in [-0.15, -0.1) is 26.3 Å². The maximum absolute atomic E-state index is 3.85. The molecule has 0 radical (unpaired) electrons. The second kappa shape index (κ2) is 23.4. The lowest BCUT2D eigenvalue weighted by molar-refractivity contribution is 0.606. The van der Waals surface area contributed by atoms with E-state index in [-0.39, 0.29) is 0 Å². The average Bonchev–Trinajstić information content (AvgIpc) is 2.60. The van der Waals surface area contributed by atoms with Crippen LogP contribution >= 0.6 is 0 Å². The van der Waals surface area contributed by atoms with Gasteiger partial charge in [0.05, 0.1) is 0 Å². The molecule has 0 bridgehead atoms. The van der Waals surface area contributed by atoms with Crippen LogP contribution in [0.3, 0.4) is 0 Å². The molecule has 0 aliphatic rings. The SMILES string of the molecule is C=CC(C)CCC=C(C)C.C=CC(C)CCCC(=C)C.C=CCC=CC. The van der Waals surface area contributed by atoms with Gasteiger partial charge in [0.2, 0.25) is 0 Å². The zero-order valence-electron chi connectivity index (χ0n) is 18.7. The summed E-state index contributed by atoms with van der Waals surface area (Å²) >= 11 is 0. The molecule has 0 spiro atoms. The molecule has 0 aliphatic carbocycles. The normalized spacial score (nSPS) is 11.8. The summed E-state index contributed by atoms with van der Waals surface area (Å²) in [5.74, 6) is 1.33. The first-order valence-corrected chi connectivity index (χ1v) is 9.99. The van der Waals surface area contributed by atoms with Crippen LogP contribution in [-0.2, 0) is 0 Å². The Morgan fingerprint density at radius 2 is 1.46 bits per heavy atom. The van der Waals surface area contributed by atoms with Crippen molar-refractivity contribution in [3.8, 4) is 0 Å². The van der Waals surface area contributed by atoms with Gasteiger partial charge in [-0.25, -0.2) is 0 Å². The van der Waals surface area contributed by atoms with Gasteiger partial charge in [-0.05, 0) is 78.1 Å². The van der Waals surface area contributed by atoms with E-state index in [9.17, 15) is 0 Å². The lowest BCUT2D eigenvalue weighted by Gasteiger charge is -2.03. The van der Waals surface area contributed by atoms with Crippen molar-refractivity contribution in [3.63, 3.8) is 0 Å². The molecule has 0 nitrogen and oxygen atoms in total. The van der Waals surface area contributed by atoms with Crippen LogP contribution in [0, 0.1) is 11.8 Å². The smallest absolute Gasteiger partial charge is 0.0172 e. The standard InChI is InChI=1S/2C10H18.C6H10/c2*1-5-10(4)8-6-7-9(2)3;1-3-5-6-4-2/h5,7,10H,1,6,8H2,2-4H3;5,10H,1-2,6-8H2,3-4H3;3-4,6H,1,5H2,2H3. The van der Waals surface area contributed by atoms with E-state index in [1.807, 2.05) is 31.2 Å². The first kappa shape index (κ1) is 29.2. The predicted molar refractivity (Wildman–Crippen MR) is 126 cm³/mol. The number of rotatable bonds is 11. The van der Waals surface area contributed by atoms with Crippen LogP contribution in [0.4, 0.5) is 0 Å². The second-order valence-corrected chi connectivity index (χ2v) is 7.23. The van der Waals surface area contributed by atoms with E-state index in [2.05, 4.69) is 73.1 Å². The van der Waals surface area contributed by atoms with Gasteiger partial charge in [-0.2, -0.15) is 0 Å². The molecule has 0 saturated heterocycles. The summed E-state index contributed by atoms with van der Waals surface area (Å²) in [6, 6.07) is 0. The first-order valence-electron chi connectivity index (χ1n) is 9.99. The maximum Gasteiger partial charge on any atom is -0.0172 e. The molecule has 0 aromatic heterocycles. The third kappa shape index (κ3) is 33.9. The zero-order chi connectivity index (χ0) is 20.8. The van der Waals surface area contributed by atoms with Gasteiger partial charge in [0, 0.05) is 0 Å². The van der Waals surface area contributed by atoms with Crippen molar-refractivity contribution < 1.29 is 0 Å². The molecule has 0 aromatic carbocycles.